The molecule has 0 bridgehead atoms. The van der Waals surface area contributed by atoms with Crippen molar-refractivity contribution in [1.82, 2.24) is 10.3 Å². The van der Waals surface area contributed by atoms with Gasteiger partial charge >= 0.3 is 0 Å². The Morgan fingerprint density at radius 3 is 2.59 bits per heavy atom. The number of anilines is 1. The van der Waals surface area contributed by atoms with Gasteiger partial charge in [-0.3, -0.25) is 9.78 Å². The average Bonchev–Trinajstić information content (AvgIpc) is 3.45. The largest absolute Gasteiger partial charge is 0.396 e. The highest BCUT2D eigenvalue weighted by Gasteiger charge is 2.39. The molecule has 27 heavy (non-hydrogen) atoms. The van der Waals surface area contributed by atoms with E-state index in [1.807, 2.05) is 30.9 Å². The minimum absolute atomic E-state index is 0.0186. The molecule has 0 spiro atoms. The fourth-order valence-electron chi connectivity index (χ4n) is 3.24. The number of amides is 1. The molecule has 0 aliphatic heterocycles. The summed E-state index contributed by atoms with van der Waals surface area (Å²) < 4.78 is 13.8. The monoisotopic (exact) mass is 389 g/mol. The third-order valence-electron chi connectivity index (χ3n) is 5.14. The Kier molecular flexibility index (Phi) is 5.47. The Bertz CT molecular complexity index is 818. The van der Waals surface area contributed by atoms with Crippen molar-refractivity contribution in [2.24, 2.45) is 5.92 Å². The summed E-state index contributed by atoms with van der Waals surface area (Å²) in [5, 5.41) is 3.33. The van der Waals surface area contributed by atoms with Crippen molar-refractivity contribution in [3.8, 4) is 0 Å². The van der Waals surface area contributed by atoms with Crippen molar-refractivity contribution in [1.29, 1.82) is 0 Å². The van der Waals surface area contributed by atoms with E-state index in [1.54, 1.807) is 24.5 Å². The number of pyridine rings is 1. The normalized spacial score (nSPS) is 17.2. The van der Waals surface area contributed by atoms with Crippen LogP contribution in [0.2, 0.25) is 0 Å². The standard InChI is InChI=1S/C21H28FN3OS/c1-27(2,3)20(26)25-21(11-10-15-6-7-15,17-5-4-12-24-14-17)16-8-9-18(22)19(23)13-16/h4-5,8-9,12-15H,6-7,10-11,23H2,1-3H3,(H,25,26). The SMILES string of the molecule is CS(C)(C)C(=O)NC(CCC1CC1)(c1cccnc1)c1ccc(F)c(N)c1. The molecule has 4 nitrogen and oxygen atoms in total. The molecular formula is C21H28FN3OS. The molecule has 1 atom stereocenters. The van der Waals surface area contributed by atoms with Gasteiger partial charge in [0, 0.05) is 18.0 Å². The van der Waals surface area contributed by atoms with Crippen molar-refractivity contribution in [3.63, 3.8) is 0 Å². The zero-order chi connectivity index (χ0) is 19.7. The van der Waals surface area contributed by atoms with Crippen LogP contribution in [0.15, 0.2) is 42.7 Å². The molecular weight excluding hydrogens is 361 g/mol. The van der Waals surface area contributed by atoms with Crippen LogP contribution in [0.3, 0.4) is 0 Å². The van der Waals surface area contributed by atoms with Gasteiger partial charge in [0.1, 0.15) is 5.82 Å². The van der Waals surface area contributed by atoms with Crippen LogP contribution in [-0.4, -0.2) is 29.0 Å². The van der Waals surface area contributed by atoms with Gasteiger partial charge < -0.3 is 11.1 Å². The summed E-state index contributed by atoms with van der Waals surface area (Å²) in [5.74, 6) is 0.242. The summed E-state index contributed by atoms with van der Waals surface area (Å²) in [7, 11) is -1.47. The lowest BCUT2D eigenvalue weighted by molar-refractivity contribution is 0.247. The van der Waals surface area contributed by atoms with Crippen molar-refractivity contribution in [2.45, 2.75) is 31.2 Å². The quantitative estimate of drug-likeness (QED) is 0.707. The first-order valence-electron chi connectivity index (χ1n) is 9.19. The number of nitrogen functional groups attached to an aromatic ring is 1. The number of aromatic nitrogens is 1. The van der Waals surface area contributed by atoms with E-state index in [0.717, 1.165) is 24.0 Å². The maximum atomic E-state index is 13.8. The van der Waals surface area contributed by atoms with Crippen LogP contribution in [0.5, 0.6) is 0 Å². The van der Waals surface area contributed by atoms with Gasteiger partial charge in [0.05, 0.1) is 11.2 Å². The average molecular weight is 390 g/mol. The zero-order valence-electron chi connectivity index (χ0n) is 16.2. The van der Waals surface area contributed by atoms with Crippen LogP contribution in [0, 0.1) is 11.7 Å². The van der Waals surface area contributed by atoms with Gasteiger partial charge in [-0.1, -0.05) is 25.0 Å². The molecule has 1 unspecified atom stereocenters. The highest BCUT2D eigenvalue weighted by Crippen LogP contribution is 2.44. The van der Waals surface area contributed by atoms with Crippen LogP contribution < -0.4 is 11.1 Å². The molecule has 1 amide bonds. The molecule has 1 heterocycles. The van der Waals surface area contributed by atoms with E-state index in [1.165, 1.54) is 18.9 Å². The van der Waals surface area contributed by atoms with Crippen LogP contribution in [-0.2, 0) is 5.54 Å². The van der Waals surface area contributed by atoms with E-state index in [4.69, 9.17) is 5.73 Å². The van der Waals surface area contributed by atoms with Crippen LogP contribution in [0.1, 0.15) is 36.8 Å². The van der Waals surface area contributed by atoms with Gasteiger partial charge in [0.15, 0.2) is 0 Å². The Labute approximate surface area is 162 Å². The predicted octanol–water partition coefficient (Wildman–Crippen LogP) is 4.64. The minimum Gasteiger partial charge on any atom is -0.396 e. The fraction of sp³-hybridized carbons (Fsp3) is 0.429. The molecule has 146 valence electrons. The number of benzene rings is 1. The number of hydrogen-bond donors (Lipinski definition) is 2. The molecule has 0 radical (unpaired) electrons. The van der Waals surface area contributed by atoms with Crippen LogP contribution in [0.25, 0.3) is 0 Å². The number of hydrogen-bond acceptors (Lipinski definition) is 3. The van der Waals surface area contributed by atoms with Gasteiger partial charge in [-0.2, -0.15) is 10.0 Å². The lowest BCUT2D eigenvalue weighted by Crippen LogP contribution is -2.47. The molecule has 1 saturated carbocycles. The molecule has 3 N–H and O–H groups in total. The lowest BCUT2D eigenvalue weighted by atomic mass is 9.79. The Balaban J connectivity index is 2.13. The van der Waals surface area contributed by atoms with Gasteiger partial charge in [-0.15, -0.1) is 0 Å². The first-order chi connectivity index (χ1) is 12.7. The van der Waals surface area contributed by atoms with Crippen molar-refractivity contribution < 1.29 is 9.18 Å². The van der Waals surface area contributed by atoms with Gasteiger partial charge in [-0.05, 0) is 61.3 Å². The number of carbonyl (C=O) groups excluding carboxylic acids is 1. The predicted molar refractivity (Wildman–Crippen MR) is 112 cm³/mol. The maximum Gasteiger partial charge on any atom is 0.261 e. The number of nitrogens with one attached hydrogen (secondary N) is 1. The summed E-state index contributed by atoms with van der Waals surface area (Å²) in [6.45, 7) is 0. The third-order valence-corrected chi connectivity index (χ3v) is 6.35. The van der Waals surface area contributed by atoms with E-state index < -0.39 is 21.4 Å². The fourth-order valence-corrected chi connectivity index (χ4v) is 3.72. The second kappa shape index (κ2) is 7.50. The molecule has 0 saturated heterocycles. The summed E-state index contributed by atoms with van der Waals surface area (Å²) in [5.41, 5.74) is 6.90. The van der Waals surface area contributed by atoms with E-state index in [2.05, 4.69) is 10.3 Å². The zero-order valence-corrected chi connectivity index (χ0v) is 17.0. The second-order valence-corrected chi connectivity index (χ2v) is 12.2. The smallest absolute Gasteiger partial charge is 0.261 e. The minimum atomic E-state index is -1.47. The Hall–Kier alpha value is -2.08. The third kappa shape index (κ3) is 4.43. The number of rotatable bonds is 6. The molecule has 1 aromatic carbocycles. The maximum absolute atomic E-state index is 13.8. The van der Waals surface area contributed by atoms with Crippen LogP contribution >= 0.6 is 10.0 Å². The van der Waals surface area contributed by atoms with E-state index in [9.17, 15) is 9.18 Å². The van der Waals surface area contributed by atoms with Crippen LogP contribution in [0.4, 0.5) is 14.9 Å². The topological polar surface area (TPSA) is 68.0 Å². The van der Waals surface area contributed by atoms with E-state index >= 15 is 0 Å². The highest BCUT2D eigenvalue weighted by molar-refractivity contribution is 8.43. The molecule has 1 aliphatic rings. The summed E-state index contributed by atoms with van der Waals surface area (Å²) >= 11 is 0. The van der Waals surface area contributed by atoms with Crippen molar-refractivity contribution in [2.75, 3.05) is 24.5 Å². The van der Waals surface area contributed by atoms with Gasteiger partial charge in [-0.25, -0.2) is 4.39 Å². The summed E-state index contributed by atoms with van der Waals surface area (Å²) in [6.07, 6.45) is 13.6. The number of nitrogens with zero attached hydrogens (tertiary/aromatic N) is 1. The van der Waals surface area contributed by atoms with Gasteiger partial charge in [0.2, 0.25) is 0 Å². The molecule has 6 heteroatoms. The molecule has 1 aromatic heterocycles. The molecule has 1 fully saturated rings. The lowest BCUT2D eigenvalue weighted by Gasteiger charge is -2.39. The molecule has 2 aromatic rings. The van der Waals surface area contributed by atoms with E-state index in [-0.39, 0.29) is 10.9 Å². The van der Waals surface area contributed by atoms with Crippen molar-refractivity contribution in [3.05, 3.63) is 59.7 Å². The van der Waals surface area contributed by atoms with E-state index in [0.29, 0.717) is 5.92 Å². The number of carbonyl (C=O) groups is 1. The number of halogens is 1. The molecule has 3 rings (SSSR count). The number of nitrogens with two attached hydrogens (primary N) is 1. The summed E-state index contributed by atoms with van der Waals surface area (Å²) in [4.78, 5) is 17.3. The summed E-state index contributed by atoms with van der Waals surface area (Å²) in [6, 6.07) is 8.59. The Morgan fingerprint density at radius 2 is 2.04 bits per heavy atom. The Morgan fingerprint density at radius 1 is 1.30 bits per heavy atom. The van der Waals surface area contributed by atoms with Crippen molar-refractivity contribution >= 4 is 21.0 Å². The molecule has 1 aliphatic carbocycles. The van der Waals surface area contributed by atoms with Gasteiger partial charge in [0.25, 0.3) is 5.24 Å². The first-order valence-corrected chi connectivity index (χ1v) is 12.0. The second-order valence-electron chi connectivity index (χ2n) is 8.11. The first kappa shape index (κ1) is 19.7. The highest BCUT2D eigenvalue weighted by atomic mass is 32.3.